The van der Waals surface area contributed by atoms with Crippen LogP contribution in [-0.2, 0) is 0 Å². The van der Waals surface area contributed by atoms with E-state index in [0.29, 0.717) is 0 Å². The zero-order valence-corrected chi connectivity index (χ0v) is 8.71. The fraction of sp³-hybridized carbons (Fsp3) is 0.300. The molecule has 0 heterocycles. The van der Waals surface area contributed by atoms with Crippen molar-refractivity contribution < 1.29 is 23.1 Å². The molecule has 0 atom stereocenters. The number of alkyl halides is 3. The summed E-state index contributed by atoms with van der Waals surface area (Å²) in [5, 5.41) is 11.3. The zero-order valence-electron chi connectivity index (χ0n) is 8.71. The van der Waals surface area contributed by atoms with Gasteiger partial charge in [0.2, 0.25) is 0 Å². The number of hydrogen-bond donors (Lipinski definition) is 3. The van der Waals surface area contributed by atoms with Crippen molar-refractivity contribution in [2.24, 2.45) is 0 Å². The van der Waals surface area contributed by atoms with E-state index in [9.17, 15) is 18.0 Å². The van der Waals surface area contributed by atoms with Gasteiger partial charge in [-0.25, -0.2) is 4.79 Å². The molecule has 0 saturated carbocycles. The van der Waals surface area contributed by atoms with Crippen molar-refractivity contribution in [1.29, 1.82) is 0 Å². The van der Waals surface area contributed by atoms with E-state index >= 15 is 0 Å². The maximum absolute atomic E-state index is 11.9. The molecule has 4 N–H and O–H groups in total. The summed E-state index contributed by atoms with van der Waals surface area (Å²) in [6.45, 7) is -0.381. The molecule has 0 aliphatic rings. The second-order valence-electron chi connectivity index (χ2n) is 3.40. The molecular formula is C10H11F3N2O2. The van der Waals surface area contributed by atoms with E-state index in [0.717, 1.165) is 0 Å². The fourth-order valence-electron chi connectivity index (χ4n) is 1.23. The van der Waals surface area contributed by atoms with Gasteiger partial charge in [-0.05, 0) is 18.2 Å². The summed E-state index contributed by atoms with van der Waals surface area (Å²) in [6, 6.07) is 3.95. The lowest BCUT2D eigenvalue weighted by Crippen LogP contribution is -2.16. The second-order valence-corrected chi connectivity index (χ2v) is 3.40. The summed E-state index contributed by atoms with van der Waals surface area (Å²) in [5.74, 6) is -1.24. The molecule has 0 aliphatic heterocycles. The fourth-order valence-corrected chi connectivity index (χ4v) is 1.23. The first-order valence-corrected chi connectivity index (χ1v) is 4.73. The van der Waals surface area contributed by atoms with Crippen molar-refractivity contribution in [1.82, 2.24) is 0 Å². The average Bonchev–Trinajstić information content (AvgIpc) is 2.18. The first-order chi connectivity index (χ1) is 7.79. The summed E-state index contributed by atoms with van der Waals surface area (Å²) in [6.07, 6.45) is -5.30. The molecule has 94 valence electrons. The minimum Gasteiger partial charge on any atom is -0.478 e. The standard InChI is InChI=1S/C10H11F3N2O2/c11-10(12,13)3-4-15-8-2-1-6(14)5-7(8)9(16)17/h1-2,5,15H,3-4,14H2,(H,16,17). The largest absolute Gasteiger partial charge is 0.478 e. The SMILES string of the molecule is Nc1ccc(NCCC(F)(F)F)c(C(=O)O)c1. The lowest BCUT2D eigenvalue weighted by molar-refractivity contribution is -0.131. The number of nitrogens with two attached hydrogens (primary N) is 1. The van der Waals surface area contributed by atoms with Crippen LogP contribution in [0.4, 0.5) is 24.5 Å². The van der Waals surface area contributed by atoms with Crippen LogP contribution in [0, 0.1) is 0 Å². The third kappa shape index (κ3) is 4.21. The first kappa shape index (κ1) is 13.1. The van der Waals surface area contributed by atoms with Crippen LogP contribution in [0.15, 0.2) is 18.2 Å². The molecule has 0 amide bonds. The van der Waals surface area contributed by atoms with Crippen molar-refractivity contribution in [2.75, 3.05) is 17.6 Å². The Balaban J connectivity index is 2.74. The Kier molecular flexibility index (Phi) is 3.82. The van der Waals surface area contributed by atoms with Crippen LogP contribution in [0.3, 0.4) is 0 Å². The monoisotopic (exact) mass is 248 g/mol. The van der Waals surface area contributed by atoms with Crippen LogP contribution in [0.25, 0.3) is 0 Å². The molecule has 0 bridgehead atoms. The number of benzene rings is 1. The Bertz CT molecular complexity index is 419. The van der Waals surface area contributed by atoms with Crippen LogP contribution >= 0.6 is 0 Å². The number of nitrogens with one attached hydrogen (secondary N) is 1. The van der Waals surface area contributed by atoms with Gasteiger partial charge in [0, 0.05) is 17.9 Å². The normalized spacial score (nSPS) is 11.2. The maximum atomic E-state index is 11.9. The van der Waals surface area contributed by atoms with E-state index in [2.05, 4.69) is 5.32 Å². The highest BCUT2D eigenvalue weighted by Crippen LogP contribution is 2.22. The predicted octanol–water partition coefficient (Wildman–Crippen LogP) is 2.33. The number of halogens is 3. The highest BCUT2D eigenvalue weighted by Gasteiger charge is 2.26. The Morgan fingerprint density at radius 1 is 1.41 bits per heavy atom. The maximum Gasteiger partial charge on any atom is 0.390 e. The van der Waals surface area contributed by atoms with E-state index in [1.165, 1.54) is 18.2 Å². The summed E-state index contributed by atoms with van der Waals surface area (Å²) in [7, 11) is 0. The number of anilines is 2. The van der Waals surface area contributed by atoms with Gasteiger partial charge >= 0.3 is 12.1 Å². The number of rotatable bonds is 4. The van der Waals surface area contributed by atoms with Crippen LogP contribution in [0.2, 0.25) is 0 Å². The van der Waals surface area contributed by atoms with Crippen molar-refractivity contribution in [3.63, 3.8) is 0 Å². The molecule has 0 radical (unpaired) electrons. The van der Waals surface area contributed by atoms with E-state index in [4.69, 9.17) is 10.8 Å². The lowest BCUT2D eigenvalue weighted by Gasteiger charge is -2.11. The van der Waals surface area contributed by atoms with Gasteiger partial charge < -0.3 is 16.2 Å². The van der Waals surface area contributed by atoms with Gasteiger partial charge in [-0.3, -0.25) is 0 Å². The van der Waals surface area contributed by atoms with Gasteiger partial charge in [-0.15, -0.1) is 0 Å². The Hall–Kier alpha value is -1.92. The smallest absolute Gasteiger partial charge is 0.390 e. The molecule has 4 nitrogen and oxygen atoms in total. The summed E-state index contributed by atoms with van der Waals surface area (Å²) in [4.78, 5) is 10.8. The van der Waals surface area contributed by atoms with Crippen molar-refractivity contribution in [2.45, 2.75) is 12.6 Å². The first-order valence-electron chi connectivity index (χ1n) is 4.73. The predicted molar refractivity (Wildman–Crippen MR) is 57.0 cm³/mol. The molecule has 0 saturated heterocycles. The van der Waals surface area contributed by atoms with E-state index in [1.807, 2.05) is 0 Å². The number of carboxylic acids is 1. The third-order valence-corrected chi connectivity index (χ3v) is 2.00. The number of carboxylic acid groups (broad SMARTS) is 1. The molecule has 0 spiro atoms. The third-order valence-electron chi connectivity index (χ3n) is 2.00. The molecule has 0 aromatic heterocycles. The van der Waals surface area contributed by atoms with Gasteiger partial charge in [0.05, 0.1) is 12.0 Å². The van der Waals surface area contributed by atoms with Crippen LogP contribution < -0.4 is 11.1 Å². The second kappa shape index (κ2) is 4.94. The number of carbonyl (C=O) groups is 1. The molecule has 7 heteroatoms. The Morgan fingerprint density at radius 3 is 2.59 bits per heavy atom. The van der Waals surface area contributed by atoms with E-state index < -0.39 is 18.6 Å². The van der Waals surface area contributed by atoms with Gasteiger partial charge in [0.25, 0.3) is 0 Å². The summed E-state index contributed by atoms with van der Waals surface area (Å²) in [5.41, 5.74) is 5.61. The van der Waals surface area contributed by atoms with Gasteiger partial charge in [-0.1, -0.05) is 0 Å². The molecule has 1 rings (SSSR count). The molecule has 17 heavy (non-hydrogen) atoms. The molecular weight excluding hydrogens is 237 g/mol. The minimum atomic E-state index is -4.27. The van der Waals surface area contributed by atoms with Crippen molar-refractivity contribution >= 4 is 17.3 Å². The molecule has 0 aliphatic carbocycles. The summed E-state index contributed by atoms with van der Waals surface area (Å²) >= 11 is 0. The molecule has 0 fully saturated rings. The summed E-state index contributed by atoms with van der Waals surface area (Å²) < 4.78 is 35.7. The highest BCUT2D eigenvalue weighted by molar-refractivity contribution is 5.95. The van der Waals surface area contributed by atoms with E-state index in [-0.39, 0.29) is 23.5 Å². The van der Waals surface area contributed by atoms with E-state index in [1.54, 1.807) is 0 Å². The molecule has 1 aromatic carbocycles. The molecule has 0 unspecified atom stereocenters. The Labute approximate surface area is 95.2 Å². The topological polar surface area (TPSA) is 75.3 Å². The minimum absolute atomic E-state index is 0.121. The van der Waals surface area contributed by atoms with Gasteiger partial charge in [0.1, 0.15) is 0 Å². The average molecular weight is 248 g/mol. The number of aromatic carboxylic acids is 1. The highest BCUT2D eigenvalue weighted by atomic mass is 19.4. The zero-order chi connectivity index (χ0) is 13.1. The van der Waals surface area contributed by atoms with Crippen molar-refractivity contribution in [3.8, 4) is 0 Å². The van der Waals surface area contributed by atoms with Crippen LogP contribution in [0.1, 0.15) is 16.8 Å². The van der Waals surface area contributed by atoms with Gasteiger partial charge in [0.15, 0.2) is 0 Å². The Morgan fingerprint density at radius 2 is 2.06 bits per heavy atom. The van der Waals surface area contributed by atoms with Crippen LogP contribution in [0.5, 0.6) is 0 Å². The quantitative estimate of drug-likeness (QED) is 0.715. The number of hydrogen-bond acceptors (Lipinski definition) is 3. The van der Waals surface area contributed by atoms with Gasteiger partial charge in [-0.2, -0.15) is 13.2 Å². The number of nitrogen functional groups attached to an aromatic ring is 1. The lowest BCUT2D eigenvalue weighted by atomic mass is 10.1. The van der Waals surface area contributed by atoms with Crippen molar-refractivity contribution in [3.05, 3.63) is 23.8 Å². The van der Waals surface area contributed by atoms with Crippen LogP contribution in [-0.4, -0.2) is 23.8 Å². The molecule has 1 aromatic rings.